The Hall–Kier alpha value is -2.73. The first-order chi connectivity index (χ1) is 15.4. The number of hydrogen-bond acceptors (Lipinski definition) is 3. The van der Waals surface area contributed by atoms with Crippen LogP contribution >= 0.6 is 11.6 Å². The van der Waals surface area contributed by atoms with Crippen molar-refractivity contribution in [2.75, 3.05) is 0 Å². The molecule has 1 fully saturated rings. The lowest BCUT2D eigenvalue weighted by Crippen LogP contribution is -2.64. The second-order valence-corrected chi connectivity index (χ2v) is 9.88. The van der Waals surface area contributed by atoms with Crippen LogP contribution in [0.4, 0.5) is 0 Å². The van der Waals surface area contributed by atoms with Gasteiger partial charge in [0.25, 0.3) is 5.91 Å². The lowest BCUT2D eigenvalue weighted by Gasteiger charge is -2.45. The third-order valence-corrected chi connectivity index (χ3v) is 7.54. The summed E-state index contributed by atoms with van der Waals surface area (Å²) in [5.41, 5.74) is 1.77. The molecular formula is C25H28ClN3O3. The first-order valence-corrected chi connectivity index (χ1v) is 11.7. The van der Waals surface area contributed by atoms with Crippen LogP contribution in [-0.2, 0) is 17.9 Å². The molecule has 0 radical (unpaired) electrons. The van der Waals surface area contributed by atoms with E-state index in [1.54, 1.807) is 17.2 Å². The summed E-state index contributed by atoms with van der Waals surface area (Å²) in [4.78, 5) is 29.1. The Bertz CT molecular complexity index is 1170. The smallest absolute Gasteiger partial charge is 0.271 e. The monoisotopic (exact) mass is 453 g/mol. The summed E-state index contributed by atoms with van der Waals surface area (Å²) in [6.45, 7) is 4.73. The number of aromatic nitrogens is 1. The minimum atomic E-state index is -1.06. The van der Waals surface area contributed by atoms with Gasteiger partial charge in [-0.15, -0.1) is 0 Å². The topological polar surface area (TPSA) is 67.5 Å². The number of amides is 2. The van der Waals surface area contributed by atoms with Crippen LogP contribution in [0, 0.1) is 5.92 Å². The van der Waals surface area contributed by atoms with E-state index in [-0.39, 0.29) is 24.4 Å². The largest absolute Gasteiger partial charge is 0.463 e. The van der Waals surface area contributed by atoms with Crippen LogP contribution in [0.5, 0.6) is 0 Å². The highest BCUT2D eigenvalue weighted by atomic mass is 35.5. The van der Waals surface area contributed by atoms with Crippen LogP contribution in [0.3, 0.4) is 0 Å². The minimum absolute atomic E-state index is 0.117. The van der Waals surface area contributed by atoms with Gasteiger partial charge in [0.15, 0.2) is 5.58 Å². The van der Waals surface area contributed by atoms with Crippen molar-refractivity contribution in [2.45, 2.75) is 64.2 Å². The molecule has 5 rings (SSSR count). The second-order valence-electron chi connectivity index (χ2n) is 9.47. The Balaban J connectivity index is 1.52. The number of fused-ring (bicyclic) bond motifs is 3. The van der Waals surface area contributed by atoms with E-state index < -0.39 is 5.54 Å². The van der Waals surface area contributed by atoms with E-state index in [0.717, 1.165) is 36.8 Å². The molecule has 2 aromatic heterocycles. The quantitative estimate of drug-likeness (QED) is 0.604. The fourth-order valence-electron chi connectivity index (χ4n) is 5.06. The maximum atomic E-state index is 13.7. The molecular weight excluding hydrogens is 426 g/mol. The molecule has 168 valence electrons. The summed E-state index contributed by atoms with van der Waals surface area (Å²) < 4.78 is 7.45. The highest BCUT2D eigenvalue weighted by molar-refractivity contribution is 6.31. The molecule has 2 aliphatic rings. The van der Waals surface area contributed by atoms with E-state index in [0.29, 0.717) is 28.8 Å². The third kappa shape index (κ3) is 3.51. The van der Waals surface area contributed by atoms with E-state index in [1.807, 2.05) is 41.8 Å². The van der Waals surface area contributed by atoms with E-state index >= 15 is 0 Å². The van der Waals surface area contributed by atoms with Crippen molar-refractivity contribution in [1.29, 1.82) is 0 Å². The number of rotatable bonds is 4. The van der Waals surface area contributed by atoms with Gasteiger partial charge in [-0.3, -0.25) is 9.59 Å². The lowest BCUT2D eigenvalue weighted by atomic mass is 9.86. The molecule has 3 heterocycles. The van der Waals surface area contributed by atoms with Crippen molar-refractivity contribution in [3.8, 4) is 0 Å². The molecule has 1 aliphatic carbocycles. The van der Waals surface area contributed by atoms with Gasteiger partial charge in [0.05, 0.1) is 18.3 Å². The molecule has 1 N–H and O–H groups in total. The number of nitrogens with zero attached hydrogens (tertiary/aromatic N) is 2. The van der Waals surface area contributed by atoms with Gasteiger partial charge in [-0.2, -0.15) is 0 Å². The van der Waals surface area contributed by atoms with Crippen LogP contribution in [-0.4, -0.2) is 32.9 Å². The van der Waals surface area contributed by atoms with Crippen molar-refractivity contribution in [3.05, 3.63) is 58.9 Å². The van der Waals surface area contributed by atoms with Crippen molar-refractivity contribution in [3.63, 3.8) is 0 Å². The van der Waals surface area contributed by atoms with Crippen LogP contribution in [0.25, 0.3) is 11.1 Å². The van der Waals surface area contributed by atoms with Gasteiger partial charge in [0.2, 0.25) is 5.91 Å². The number of hydrogen-bond donors (Lipinski definition) is 1. The second kappa shape index (κ2) is 8.00. The molecule has 3 aromatic rings. The molecule has 1 atom stereocenters. The van der Waals surface area contributed by atoms with Crippen LogP contribution in [0.1, 0.15) is 55.6 Å². The van der Waals surface area contributed by atoms with Gasteiger partial charge in [-0.25, -0.2) is 0 Å². The Morgan fingerprint density at radius 1 is 1.22 bits per heavy atom. The molecule has 6 nitrogen and oxygen atoms in total. The fraction of sp³-hybridized carbons (Fsp3) is 0.440. The first-order valence-electron chi connectivity index (χ1n) is 11.3. The van der Waals surface area contributed by atoms with Crippen LogP contribution in [0.15, 0.2) is 47.1 Å². The van der Waals surface area contributed by atoms with Crippen molar-refractivity contribution >= 4 is 34.5 Å². The Labute approximate surface area is 192 Å². The number of benzene rings is 1. The van der Waals surface area contributed by atoms with E-state index in [9.17, 15) is 9.59 Å². The highest BCUT2D eigenvalue weighted by Gasteiger charge is 2.48. The number of furan rings is 1. The molecule has 0 unspecified atom stereocenters. The third-order valence-electron chi connectivity index (χ3n) is 7.18. The van der Waals surface area contributed by atoms with Gasteiger partial charge in [-0.05, 0) is 50.2 Å². The van der Waals surface area contributed by atoms with Gasteiger partial charge in [0, 0.05) is 29.7 Å². The SMILES string of the molecule is CC1CCC(NC(=O)[C@@]2(C)Cn3c(cc4occc43)C(=O)N2Cc2ccccc2Cl)CC1. The van der Waals surface area contributed by atoms with Crippen molar-refractivity contribution < 1.29 is 14.0 Å². The average molecular weight is 454 g/mol. The van der Waals surface area contributed by atoms with Gasteiger partial charge in [0.1, 0.15) is 11.2 Å². The molecule has 0 bridgehead atoms. The Kier molecular flexibility index (Phi) is 5.28. The predicted molar refractivity (Wildman–Crippen MR) is 123 cm³/mol. The van der Waals surface area contributed by atoms with E-state index in [2.05, 4.69) is 12.2 Å². The standard InChI is InChI=1S/C25H28ClN3O3/c1-16-7-9-18(10-8-16)27-24(31)25(2)15-28-20-11-12-32-22(20)13-21(28)23(30)29(25)14-17-5-3-4-6-19(17)26/h3-6,11-13,16,18H,7-10,14-15H2,1-2H3,(H,27,31)/t16?,18?,25-/m1/s1. The predicted octanol–water partition coefficient (Wildman–Crippen LogP) is 5.00. The lowest BCUT2D eigenvalue weighted by molar-refractivity contribution is -0.134. The zero-order valence-corrected chi connectivity index (χ0v) is 19.2. The van der Waals surface area contributed by atoms with Crippen LogP contribution in [0.2, 0.25) is 5.02 Å². The zero-order chi connectivity index (χ0) is 22.5. The highest BCUT2D eigenvalue weighted by Crippen LogP contribution is 2.35. The molecule has 0 spiro atoms. The summed E-state index contributed by atoms with van der Waals surface area (Å²) in [6.07, 6.45) is 5.78. The maximum Gasteiger partial charge on any atom is 0.271 e. The zero-order valence-electron chi connectivity index (χ0n) is 18.4. The summed E-state index contributed by atoms with van der Waals surface area (Å²) in [7, 11) is 0. The molecule has 0 saturated heterocycles. The average Bonchev–Trinajstić information content (AvgIpc) is 3.36. The van der Waals surface area contributed by atoms with Gasteiger partial charge in [-0.1, -0.05) is 36.7 Å². The van der Waals surface area contributed by atoms with E-state index in [1.165, 1.54) is 0 Å². The van der Waals surface area contributed by atoms with Crippen LogP contribution < -0.4 is 5.32 Å². The molecule has 1 aromatic carbocycles. The van der Waals surface area contributed by atoms with Crippen molar-refractivity contribution in [2.24, 2.45) is 5.92 Å². The number of carbonyl (C=O) groups excluding carboxylic acids is 2. The molecule has 2 amide bonds. The maximum absolute atomic E-state index is 13.7. The Morgan fingerprint density at radius 2 is 1.97 bits per heavy atom. The fourth-order valence-corrected chi connectivity index (χ4v) is 5.26. The first kappa shape index (κ1) is 21.1. The molecule has 32 heavy (non-hydrogen) atoms. The molecule has 1 saturated carbocycles. The summed E-state index contributed by atoms with van der Waals surface area (Å²) in [5, 5.41) is 3.85. The number of halogens is 1. The van der Waals surface area contributed by atoms with E-state index in [4.69, 9.17) is 16.0 Å². The molecule has 7 heteroatoms. The summed E-state index contributed by atoms with van der Waals surface area (Å²) in [6, 6.07) is 11.2. The Morgan fingerprint density at radius 3 is 2.72 bits per heavy atom. The summed E-state index contributed by atoms with van der Waals surface area (Å²) >= 11 is 6.42. The normalized spacial score (nSPS) is 25.7. The number of carbonyl (C=O) groups is 2. The van der Waals surface area contributed by atoms with Gasteiger partial charge >= 0.3 is 0 Å². The molecule has 1 aliphatic heterocycles. The minimum Gasteiger partial charge on any atom is -0.463 e. The summed E-state index contributed by atoms with van der Waals surface area (Å²) in [5.74, 6) is 0.384. The van der Waals surface area contributed by atoms with Crippen molar-refractivity contribution in [1.82, 2.24) is 14.8 Å². The number of nitrogens with one attached hydrogen (secondary N) is 1. The van der Waals surface area contributed by atoms with Gasteiger partial charge < -0.3 is 19.2 Å².